The molecule has 1 aliphatic heterocycles. The lowest BCUT2D eigenvalue weighted by atomic mass is 9.64. The number of carbonyl (C=O) groups is 1. The van der Waals surface area contributed by atoms with E-state index in [1.54, 1.807) is 24.3 Å². The fourth-order valence-corrected chi connectivity index (χ4v) is 6.26. The Morgan fingerprint density at radius 3 is 2.69 bits per heavy atom. The van der Waals surface area contributed by atoms with Crippen LogP contribution >= 0.6 is 0 Å². The number of aliphatic hydroxyl groups is 1. The number of piperidine rings is 1. The average molecular weight is 483 g/mol. The first-order valence-electron chi connectivity index (χ1n) is 13.3. The second-order valence-corrected chi connectivity index (χ2v) is 10.9. The molecule has 2 saturated carbocycles. The molecule has 0 spiro atoms. The molecule has 0 aromatic heterocycles. The van der Waals surface area contributed by atoms with Crippen LogP contribution in [-0.2, 0) is 11.2 Å². The summed E-state index contributed by atoms with van der Waals surface area (Å²) in [5, 5.41) is 31.5. The van der Waals surface area contributed by atoms with E-state index in [0.717, 1.165) is 69.5 Å². The number of fused-ring (bicyclic) bond motifs is 1. The second kappa shape index (κ2) is 11.2. The number of benzene rings is 1. The van der Waals surface area contributed by atoms with Gasteiger partial charge in [0.25, 0.3) is 0 Å². The van der Waals surface area contributed by atoms with Gasteiger partial charge in [0.05, 0.1) is 5.60 Å². The van der Waals surface area contributed by atoms with Crippen LogP contribution in [0.1, 0.15) is 63.9 Å². The van der Waals surface area contributed by atoms with Crippen molar-refractivity contribution in [2.45, 2.75) is 82.4 Å². The van der Waals surface area contributed by atoms with E-state index in [9.17, 15) is 20.1 Å². The molecule has 1 heterocycles. The summed E-state index contributed by atoms with van der Waals surface area (Å²) in [6.45, 7) is 4.03. The van der Waals surface area contributed by atoms with Gasteiger partial charge in [-0.05, 0) is 101 Å². The predicted molar refractivity (Wildman–Crippen MR) is 138 cm³/mol. The summed E-state index contributed by atoms with van der Waals surface area (Å²) in [5.41, 5.74) is 0.286. The van der Waals surface area contributed by atoms with E-state index in [4.69, 9.17) is 0 Å². The fraction of sp³-hybridized carbons (Fsp3) is 0.621. The van der Waals surface area contributed by atoms with Crippen molar-refractivity contribution in [2.24, 2.45) is 11.8 Å². The van der Waals surface area contributed by atoms with Crippen molar-refractivity contribution < 1.29 is 20.1 Å². The standard InChI is InChI=1S/C29H42N2O4/c1-3-4-5-9-28(34)30(2)24-14-16-29(35)23(19-24)15-17-31(20-22-10-11-22)27(29)8-6-7-21-12-13-25(32)26(33)18-21/h3-5,9,12-13,18,22-24,27,32-33,35H,6-8,10-11,14-17,19-20H2,1-2H3/b4-3+,9-5+/t23?,24?,27-,29?/m1/s1. The Kier molecular flexibility index (Phi) is 8.23. The first-order valence-corrected chi connectivity index (χ1v) is 13.3. The van der Waals surface area contributed by atoms with Gasteiger partial charge in [0.1, 0.15) is 0 Å². The van der Waals surface area contributed by atoms with Gasteiger partial charge < -0.3 is 20.2 Å². The van der Waals surface area contributed by atoms with Gasteiger partial charge in [-0.1, -0.05) is 24.3 Å². The number of phenols is 2. The number of aromatic hydroxyl groups is 2. The van der Waals surface area contributed by atoms with E-state index in [1.165, 1.54) is 12.8 Å². The van der Waals surface area contributed by atoms with E-state index in [0.29, 0.717) is 0 Å². The maximum Gasteiger partial charge on any atom is 0.246 e. The van der Waals surface area contributed by atoms with Crippen LogP contribution in [0.25, 0.3) is 0 Å². The van der Waals surface area contributed by atoms with Gasteiger partial charge in [0.15, 0.2) is 11.5 Å². The number of hydrogen-bond donors (Lipinski definition) is 3. The lowest BCUT2D eigenvalue weighted by Gasteiger charge is -2.56. The Balaban J connectivity index is 1.42. The highest BCUT2D eigenvalue weighted by Crippen LogP contribution is 2.47. The highest BCUT2D eigenvalue weighted by atomic mass is 16.3. The molecule has 3 fully saturated rings. The number of phenolic OH excluding ortho intramolecular Hbond substituents is 2. The molecule has 192 valence electrons. The summed E-state index contributed by atoms with van der Waals surface area (Å²) in [6, 6.07) is 5.33. The van der Waals surface area contributed by atoms with Crippen molar-refractivity contribution in [2.75, 3.05) is 20.1 Å². The molecular weight excluding hydrogens is 440 g/mol. The molecule has 4 atom stereocenters. The highest BCUT2D eigenvalue weighted by Gasteiger charge is 2.52. The second-order valence-electron chi connectivity index (χ2n) is 10.9. The summed E-state index contributed by atoms with van der Waals surface area (Å²) < 4.78 is 0. The highest BCUT2D eigenvalue weighted by molar-refractivity contribution is 5.87. The number of nitrogens with zero attached hydrogens (tertiary/aromatic N) is 2. The fourth-order valence-electron chi connectivity index (χ4n) is 6.26. The van der Waals surface area contributed by atoms with Crippen molar-refractivity contribution in [3.63, 3.8) is 0 Å². The Hall–Kier alpha value is -2.31. The van der Waals surface area contributed by atoms with Crippen molar-refractivity contribution in [1.29, 1.82) is 0 Å². The van der Waals surface area contributed by atoms with E-state index >= 15 is 0 Å². The Morgan fingerprint density at radius 1 is 1.17 bits per heavy atom. The number of aryl methyl sites for hydroxylation is 1. The van der Waals surface area contributed by atoms with Crippen LogP contribution in [0, 0.1) is 11.8 Å². The van der Waals surface area contributed by atoms with Crippen molar-refractivity contribution >= 4 is 5.91 Å². The van der Waals surface area contributed by atoms with E-state index in [2.05, 4.69) is 4.90 Å². The minimum Gasteiger partial charge on any atom is -0.504 e. The third-order valence-electron chi connectivity index (χ3n) is 8.53. The molecule has 1 aromatic carbocycles. The van der Waals surface area contributed by atoms with Gasteiger partial charge in [-0.15, -0.1) is 0 Å². The van der Waals surface area contributed by atoms with Crippen LogP contribution in [0.4, 0.5) is 0 Å². The number of likely N-dealkylation sites (tertiary alicyclic amines) is 1. The van der Waals surface area contributed by atoms with Gasteiger partial charge in [-0.25, -0.2) is 0 Å². The third-order valence-corrected chi connectivity index (χ3v) is 8.53. The Labute approximate surface area is 209 Å². The number of amides is 1. The largest absolute Gasteiger partial charge is 0.504 e. The summed E-state index contributed by atoms with van der Waals surface area (Å²) >= 11 is 0. The van der Waals surface area contributed by atoms with Gasteiger partial charge >= 0.3 is 0 Å². The zero-order valence-electron chi connectivity index (χ0n) is 21.3. The van der Waals surface area contributed by atoms with Gasteiger partial charge in [0, 0.05) is 31.8 Å². The van der Waals surface area contributed by atoms with Gasteiger partial charge in [-0.3, -0.25) is 9.69 Å². The van der Waals surface area contributed by atoms with E-state index < -0.39 is 5.60 Å². The van der Waals surface area contributed by atoms with Gasteiger partial charge in [0.2, 0.25) is 5.91 Å². The number of carbonyl (C=O) groups excluding carboxylic acids is 1. The molecule has 6 heteroatoms. The molecule has 0 bridgehead atoms. The minimum absolute atomic E-state index is 0.0263. The smallest absolute Gasteiger partial charge is 0.246 e. The first kappa shape index (κ1) is 25.8. The van der Waals surface area contributed by atoms with Crippen LogP contribution in [-0.4, -0.2) is 68.8 Å². The number of hydrogen-bond acceptors (Lipinski definition) is 5. The molecule has 2 aliphatic carbocycles. The molecule has 3 aliphatic rings. The summed E-state index contributed by atoms with van der Waals surface area (Å²) in [7, 11) is 1.89. The summed E-state index contributed by atoms with van der Waals surface area (Å²) in [5.74, 6) is 0.835. The van der Waals surface area contributed by atoms with Crippen molar-refractivity contribution in [3.8, 4) is 11.5 Å². The summed E-state index contributed by atoms with van der Waals surface area (Å²) in [6.07, 6.45) is 15.8. The normalized spacial score (nSPS) is 29.5. The maximum absolute atomic E-state index is 12.6. The Morgan fingerprint density at radius 2 is 1.97 bits per heavy atom. The average Bonchev–Trinajstić information content (AvgIpc) is 3.66. The molecule has 1 aromatic rings. The molecular formula is C29H42N2O4. The van der Waals surface area contributed by atoms with E-state index in [-0.39, 0.29) is 35.4 Å². The topological polar surface area (TPSA) is 84.2 Å². The quantitative estimate of drug-likeness (QED) is 0.276. The van der Waals surface area contributed by atoms with Gasteiger partial charge in [-0.2, -0.15) is 0 Å². The van der Waals surface area contributed by atoms with Crippen molar-refractivity contribution in [1.82, 2.24) is 9.80 Å². The number of likely N-dealkylation sites (N-methyl/N-ethyl adjacent to an activating group) is 1. The summed E-state index contributed by atoms with van der Waals surface area (Å²) in [4.78, 5) is 17.0. The zero-order chi connectivity index (χ0) is 25.0. The molecule has 0 radical (unpaired) electrons. The molecule has 6 nitrogen and oxygen atoms in total. The lowest BCUT2D eigenvalue weighted by molar-refractivity contribution is -0.157. The first-order chi connectivity index (χ1) is 16.8. The molecule has 1 saturated heterocycles. The van der Waals surface area contributed by atoms with Crippen LogP contribution in [0.5, 0.6) is 11.5 Å². The lowest BCUT2D eigenvalue weighted by Crippen LogP contribution is -2.64. The predicted octanol–water partition coefficient (Wildman–Crippen LogP) is 4.40. The SMILES string of the molecule is C/C=C/C=C/C(=O)N(C)C1CCC2(O)C(CCN(CC3CC3)[C@@H]2CCCc2ccc(O)c(O)c2)C1. The maximum atomic E-state index is 12.6. The molecule has 35 heavy (non-hydrogen) atoms. The van der Waals surface area contributed by atoms with Crippen LogP contribution in [0.2, 0.25) is 0 Å². The third kappa shape index (κ3) is 6.10. The Bertz CT molecular complexity index is 941. The van der Waals surface area contributed by atoms with E-state index in [1.807, 2.05) is 37.1 Å². The number of rotatable bonds is 9. The molecule has 4 rings (SSSR count). The minimum atomic E-state index is -0.717. The van der Waals surface area contributed by atoms with Crippen molar-refractivity contribution in [3.05, 3.63) is 48.1 Å². The molecule has 3 N–H and O–H groups in total. The van der Waals surface area contributed by atoms with Crippen LogP contribution < -0.4 is 0 Å². The monoisotopic (exact) mass is 482 g/mol. The zero-order valence-corrected chi connectivity index (χ0v) is 21.3. The molecule has 3 unspecified atom stereocenters. The number of allylic oxidation sites excluding steroid dienone is 3. The molecule has 1 amide bonds. The van der Waals surface area contributed by atoms with Crippen LogP contribution in [0.15, 0.2) is 42.5 Å². The van der Waals surface area contributed by atoms with Crippen LogP contribution in [0.3, 0.4) is 0 Å².